The van der Waals surface area contributed by atoms with E-state index >= 15 is 0 Å². The van der Waals surface area contributed by atoms with Crippen LogP contribution in [0.4, 0.5) is 5.69 Å². The van der Waals surface area contributed by atoms with E-state index in [-0.39, 0.29) is 16.9 Å². The highest BCUT2D eigenvalue weighted by Crippen LogP contribution is 2.42. The zero-order valence-electron chi connectivity index (χ0n) is 11.9. The lowest BCUT2D eigenvalue weighted by Crippen LogP contribution is -2.45. The predicted octanol–water partition coefficient (Wildman–Crippen LogP) is 3.66. The minimum atomic E-state index is -0.0645. The lowest BCUT2D eigenvalue weighted by Gasteiger charge is -2.36. The van der Waals surface area contributed by atoms with Gasteiger partial charge >= 0.3 is 0 Å². The Morgan fingerprint density at radius 1 is 1.30 bits per heavy atom. The van der Waals surface area contributed by atoms with Crippen LogP contribution in [0.5, 0.6) is 0 Å². The number of amides is 1. The molecule has 3 nitrogen and oxygen atoms in total. The Morgan fingerprint density at radius 2 is 2.00 bits per heavy atom. The molecule has 1 aromatic carbocycles. The van der Waals surface area contributed by atoms with Gasteiger partial charge in [0.15, 0.2) is 5.78 Å². The largest absolute Gasteiger partial charge is 0.307 e. The van der Waals surface area contributed by atoms with E-state index in [0.717, 1.165) is 29.0 Å². The van der Waals surface area contributed by atoms with Crippen LogP contribution in [-0.2, 0) is 4.79 Å². The number of benzene rings is 1. The molecule has 1 aromatic rings. The molecule has 20 heavy (non-hydrogen) atoms. The molecule has 0 bridgehead atoms. The quantitative estimate of drug-likeness (QED) is 0.780. The Balaban J connectivity index is 2.03. The lowest BCUT2D eigenvalue weighted by atomic mass is 10.1. The number of Topliss-reactive ketones (excluding diaryl/α,β-unsaturated/α-hetero) is 1. The summed E-state index contributed by atoms with van der Waals surface area (Å²) >= 11 is 1.57. The van der Waals surface area contributed by atoms with Gasteiger partial charge in [0.05, 0.1) is 10.9 Å². The second kappa shape index (κ2) is 5.24. The second-order valence-corrected chi connectivity index (χ2v) is 7.03. The summed E-state index contributed by atoms with van der Waals surface area (Å²) in [5.41, 5.74) is 1.72. The van der Waals surface area contributed by atoms with Gasteiger partial charge in [0.2, 0.25) is 5.91 Å². The molecular weight excluding hydrogens is 270 g/mol. The van der Waals surface area contributed by atoms with Crippen LogP contribution >= 0.6 is 11.8 Å². The monoisotopic (exact) mass is 289 g/mol. The molecule has 0 spiro atoms. The molecule has 0 aromatic heterocycles. The van der Waals surface area contributed by atoms with Gasteiger partial charge in [-0.15, -0.1) is 11.8 Å². The summed E-state index contributed by atoms with van der Waals surface area (Å²) in [7, 11) is 0. The fraction of sp³-hybridized carbons (Fsp3) is 0.500. The molecule has 0 radical (unpaired) electrons. The van der Waals surface area contributed by atoms with Gasteiger partial charge in [-0.3, -0.25) is 9.59 Å². The number of nitrogens with zero attached hydrogens (tertiary/aromatic N) is 1. The SMILES string of the molecule is CC(=O)c1ccc2c(c1)SC(C)C(=O)N2C1CCCC1. The lowest BCUT2D eigenvalue weighted by molar-refractivity contribution is -0.118. The van der Waals surface area contributed by atoms with Crippen molar-refractivity contribution in [2.45, 2.75) is 55.7 Å². The van der Waals surface area contributed by atoms with Crippen LogP contribution in [0, 0.1) is 0 Å². The summed E-state index contributed by atoms with van der Waals surface area (Å²) < 4.78 is 0. The average molecular weight is 289 g/mol. The topological polar surface area (TPSA) is 37.4 Å². The van der Waals surface area contributed by atoms with E-state index in [1.165, 1.54) is 12.8 Å². The Labute approximate surface area is 123 Å². The Morgan fingerprint density at radius 3 is 2.65 bits per heavy atom. The van der Waals surface area contributed by atoms with Gasteiger partial charge in [0.1, 0.15) is 0 Å². The van der Waals surface area contributed by atoms with Crippen LogP contribution in [0.1, 0.15) is 49.9 Å². The van der Waals surface area contributed by atoms with Crippen molar-refractivity contribution in [1.82, 2.24) is 0 Å². The second-order valence-electron chi connectivity index (χ2n) is 5.65. The van der Waals surface area contributed by atoms with E-state index in [2.05, 4.69) is 0 Å². The van der Waals surface area contributed by atoms with Crippen LogP contribution in [0.3, 0.4) is 0 Å². The minimum Gasteiger partial charge on any atom is -0.307 e. The summed E-state index contributed by atoms with van der Waals surface area (Å²) in [6, 6.07) is 6.06. The summed E-state index contributed by atoms with van der Waals surface area (Å²) in [5, 5.41) is -0.0645. The molecule has 1 atom stereocenters. The predicted molar refractivity (Wildman–Crippen MR) is 81.5 cm³/mol. The van der Waals surface area contributed by atoms with Crippen molar-refractivity contribution in [2.75, 3.05) is 4.90 Å². The van der Waals surface area contributed by atoms with E-state index in [9.17, 15) is 9.59 Å². The first-order valence-corrected chi connectivity index (χ1v) is 8.10. The molecule has 2 aliphatic rings. The fourth-order valence-electron chi connectivity index (χ4n) is 3.12. The molecule has 0 N–H and O–H groups in total. The molecule has 1 saturated carbocycles. The van der Waals surface area contributed by atoms with E-state index in [1.807, 2.05) is 30.0 Å². The van der Waals surface area contributed by atoms with Gasteiger partial charge in [0, 0.05) is 16.5 Å². The number of rotatable bonds is 2. The highest BCUT2D eigenvalue weighted by Gasteiger charge is 2.36. The number of thioether (sulfide) groups is 1. The van der Waals surface area contributed by atoms with E-state index in [4.69, 9.17) is 0 Å². The molecule has 106 valence electrons. The molecule has 1 amide bonds. The number of hydrogen-bond donors (Lipinski definition) is 0. The molecule has 1 heterocycles. The van der Waals surface area contributed by atoms with Crippen LogP contribution in [0.15, 0.2) is 23.1 Å². The van der Waals surface area contributed by atoms with Gasteiger partial charge < -0.3 is 4.90 Å². The number of carbonyl (C=O) groups excluding carboxylic acids is 2. The van der Waals surface area contributed by atoms with Crippen molar-refractivity contribution in [3.05, 3.63) is 23.8 Å². The van der Waals surface area contributed by atoms with Gasteiger partial charge in [-0.05, 0) is 44.9 Å². The van der Waals surface area contributed by atoms with Crippen molar-refractivity contribution in [2.24, 2.45) is 0 Å². The minimum absolute atomic E-state index is 0.0645. The highest BCUT2D eigenvalue weighted by molar-refractivity contribution is 8.01. The molecule has 1 unspecified atom stereocenters. The third kappa shape index (κ3) is 2.26. The third-order valence-electron chi connectivity index (χ3n) is 4.20. The van der Waals surface area contributed by atoms with Crippen LogP contribution < -0.4 is 4.90 Å². The number of hydrogen-bond acceptors (Lipinski definition) is 3. The zero-order valence-corrected chi connectivity index (χ0v) is 12.7. The molecule has 1 aliphatic carbocycles. The van der Waals surface area contributed by atoms with E-state index < -0.39 is 0 Å². The normalized spacial score (nSPS) is 23.0. The van der Waals surface area contributed by atoms with Gasteiger partial charge in [-0.1, -0.05) is 12.8 Å². The Hall–Kier alpha value is -1.29. The maximum atomic E-state index is 12.5. The molecule has 3 rings (SSSR count). The number of fused-ring (bicyclic) bond motifs is 1. The number of anilines is 1. The van der Waals surface area contributed by atoms with Crippen LogP contribution in [0.25, 0.3) is 0 Å². The Bertz CT molecular complexity index is 564. The fourth-order valence-corrected chi connectivity index (χ4v) is 4.20. The summed E-state index contributed by atoms with van der Waals surface area (Å²) in [5.74, 6) is 0.287. The number of ketones is 1. The van der Waals surface area contributed by atoms with Crippen molar-refractivity contribution in [1.29, 1.82) is 0 Å². The zero-order chi connectivity index (χ0) is 14.3. The van der Waals surface area contributed by atoms with Gasteiger partial charge in [-0.2, -0.15) is 0 Å². The van der Waals surface area contributed by atoms with Crippen molar-refractivity contribution < 1.29 is 9.59 Å². The maximum Gasteiger partial charge on any atom is 0.240 e. The molecule has 0 saturated heterocycles. The van der Waals surface area contributed by atoms with Crippen molar-refractivity contribution >= 4 is 29.1 Å². The summed E-state index contributed by atoms with van der Waals surface area (Å²) in [6.45, 7) is 3.54. The molecule has 1 fully saturated rings. The first-order chi connectivity index (χ1) is 9.58. The van der Waals surface area contributed by atoms with Crippen LogP contribution in [-0.4, -0.2) is 23.0 Å². The summed E-state index contributed by atoms with van der Waals surface area (Å²) in [6.07, 6.45) is 4.60. The highest BCUT2D eigenvalue weighted by atomic mass is 32.2. The molecule has 4 heteroatoms. The maximum absolute atomic E-state index is 12.5. The molecular formula is C16H19NO2S. The Kier molecular flexibility index (Phi) is 3.59. The number of carbonyl (C=O) groups is 2. The van der Waals surface area contributed by atoms with Crippen molar-refractivity contribution in [3.8, 4) is 0 Å². The van der Waals surface area contributed by atoms with Gasteiger partial charge in [0.25, 0.3) is 0 Å². The van der Waals surface area contributed by atoms with Crippen molar-refractivity contribution in [3.63, 3.8) is 0 Å². The average Bonchev–Trinajstić information content (AvgIpc) is 2.93. The van der Waals surface area contributed by atoms with Gasteiger partial charge in [-0.25, -0.2) is 0 Å². The van der Waals surface area contributed by atoms with E-state index in [1.54, 1.807) is 18.7 Å². The third-order valence-corrected chi connectivity index (χ3v) is 5.34. The molecule has 1 aliphatic heterocycles. The summed E-state index contributed by atoms with van der Waals surface area (Å²) in [4.78, 5) is 27.1. The van der Waals surface area contributed by atoms with Crippen LogP contribution in [0.2, 0.25) is 0 Å². The standard InChI is InChI=1S/C16H19NO2S/c1-10(18)12-7-8-14-15(9-12)20-11(2)16(19)17(14)13-5-3-4-6-13/h7-9,11,13H,3-6H2,1-2H3. The smallest absolute Gasteiger partial charge is 0.240 e. The van der Waals surface area contributed by atoms with E-state index in [0.29, 0.717) is 6.04 Å². The first kappa shape index (κ1) is 13.7. The first-order valence-electron chi connectivity index (χ1n) is 7.22.